The topological polar surface area (TPSA) is 49.8 Å². The predicted molar refractivity (Wildman–Crippen MR) is 77.9 cm³/mol. The highest BCUT2D eigenvalue weighted by molar-refractivity contribution is 5.57. The average molecular weight is 272 g/mol. The number of benzene rings is 1. The van der Waals surface area contributed by atoms with Crippen molar-refractivity contribution in [3.63, 3.8) is 0 Å². The molecule has 1 aliphatic carbocycles. The van der Waals surface area contributed by atoms with Crippen molar-refractivity contribution in [2.45, 2.75) is 25.7 Å². The highest BCUT2D eigenvalue weighted by atomic mass is 19.1. The molecule has 0 unspecified atom stereocenters. The molecule has 1 saturated carbocycles. The minimum Gasteiger partial charge on any atom is -0.354 e. The zero-order chi connectivity index (χ0) is 13.9. The van der Waals surface area contributed by atoms with Gasteiger partial charge >= 0.3 is 0 Å². The van der Waals surface area contributed by atoms with Crippen molar-refractivity contribution < 1.29 is 4.39 Å². The van der Waals surface area contributed by atoms with E-state index in [0.717, 1.165) is 23.7 Å². The Morgan fingerprint density at radius 3 is 2.60 bits per heavy atom. The molecule has 3 rings (SSSR count). The first-order valence-corrected chi connectivity index (χ1v) is 6.90. The summed E-state index contributed by atoms with van der Waals surface area (Å²) >= 11 is 0. The fraction of sp³-hybridized carbons (Fsp3) is 0.333. The van der Waals surface area contributed by atoms with Gasteiger partial charge in [0.25, 0.3) is 0 Å². The van der Waals surface area contributed by atoms with Gasteiger partial charge in [-0.2, -0.15) is 4.98 Å². The first kappa shape index (κ1) is 12.8. The van der Waals surface area contributed by atoms with E-state index in [0.29, 0.717) is 11.9 Å². The van der Waals surface area contributed by atoms with Gasteiger partial charge in [-0.25, -0.2) is 9.37 Å². The number of hydrogen-bond acceptors (Lipinski definition) is 4. The highest BCUT2D eigenvalue weighted by Crippen LogP contribution is 2.40. The molecule has 5 heteroatoms. The highest BCUT2D eigenvalue weighted by Gasteiger charge is 2.26. The summed E-state index contributed by atoms with van der Waals surface area (Å²) in [6.45, 7) is 2.80. The van der Waals surface area contributed by atoms with Gasteiger partial charge in [0.2, 0.25) is 5.95 Å². The lowest BCUT2D eigenvalue weighted by atomic mass is 10.2. The van der Waals surface area contributed by atoms with Gasteiger partial charge in [-0.05, 0) is 44.0 Å². The lowest BCUT2D eigenvalue weighted by molar-refractivity contribution is 0.628. The summed E-state index contributed by atoms with van der Waals surface area (Å²) in [4.78, 5) is 8.94. The molecular weight excluding hydrogens is 255 g/mol. The second-order valence-electron chi connectivity index (χ2n) is 4.94. The van der Waals surface area contributed by atoms with Gasteiger partial charge in [0.15, 0.2) is 0 Å². The van der Waals surface area contributed by atoms with Gasteiger partial charge in [-0.15, -0.1) is 0 Å². The lowest BCUT2D eigenvalue weighted by Crippen LogP contribution is -2.06. The molecule has 0 radical (unpaired) electrons. The molecule has 0 bridgehead atoms. The molecule has 1 fully saturated rings. The number of rotatable bonds is 5. The van der Waals surface area contributed by atoms with E-state index in [-0.39, 0.29) is 5.82 Å². The maximum absolute atomic E-state index is 12.9. The first-order valence-electron chi connectivity index (χ1n) is 6.90. The maximum Gasteiger partial charge on any atom is 0.224 e. The van der Waals surface area contributed by atoms with Crippen LogP contribution in [0.25, 0.3) is 0 Å². The van der Waals surface area contributed by atoms with Crippen LogP contribution in [0.2, 0.25) is 0 Å². The van der Waals surface area contributed by atoms with Crippen molar-refractivity contribution >= 4 is 17.5 Å². The summed E-state index contributed by atoms with van der Waals surface area (Å²) in [5.74, 6) is 1.69. The van der Waals surface area contributed by atoms with Crippen LogP contribution in [0, 0.1) is 5.82 Å². The van der Waals surface area contributed by atoms with Crippen LogP contribution in [0.1, 0.15) is 31.4 Å². The van der Waals surface area contributed by atoms with Crippen molar-refractivity contribution in [1.82, 2.24) is 9.97 Å². The third kappa shape index (κ3) is 3.04. The van der Waals surface area contributed by atoms with E-state index in [1.165, 1.54) is 25.0 Å². The van der Waals surface area contributed by atoms with Crippen LogP contribution >= 0.6 is 0 Å². The Kier molecular flexibility index (Phi) is 3.50. The summed E-state index contributed by atoms with van der Waals surface area (Å²) in [5, 5.41) is 6.34. The Balaban J connectivity index is 1.85. The fourth-order valence-corrected chi connectivity index (χ4v) is 2.04. The third-order valence-corrected chi connectivity index (χ3v) is 3.19. The second-order valence-corrected chi connectivity index (χ2v) is 4.94. The number of nitrogens with one attached hydrogen (secondary N) is 2. The molecule has 1 aliphatic rings. The van der Waals surface area contributed by atoms with Crippen molar-refractivity contribution in [2.24, 2.45) is 0 Å². The Bertz CT molecular complexity index is 593. The van der Waals surface area contributed by atoms with Crippen LogP contribution in [-0.2, 0) is 0 Å². The number of nitrogens with zero attached hydrogens (tertiary/aromatic N) is 2. The summed E-state index contributed by atoms with van der Waals surface area (Å²) in [5.41, 5.74) is 1.88. The molecule has 2 N–H and O–H groups in total. The van der Waals surface area contributed by atoms with E-state index in [9.17, 15) is 4.39 Å². The van der Waals surface area contributed by atoms with E-state index in [1.807, 2.05) is 13.0 Å². The van der Waals surface area contributed by atoms with Gasteiger partial charge in [-0.3, -0.25) is 0 Å². The zero-order valence-corrected chi connectivity index (χ0v) is 11.4. The molecule has 104 valence electrons. The van der Waals surface area contributed by atoms with Crippen molar-refractivity contribution in [1.29, 1.82) is 0 Å². The Hall–Kier alpha value is -2.17. The van der Waals surface area contributed by atoms with Gasteiger partial charge in [-0.1, -0.05) is 0 Å². The van der Waals surface area contributed by atoms with Crippen LogP contribution in [0.4, 0.5) is 21.8 Å². The summed E-state index contributed by atoms with van der Waals surface area (Å²) < 4.78 is 12.9. The predicted octanol–water partition coefficient (Wildman–Crippen LogP) is 3.67. The Morgan fingerprint density at radius 1 is 1.20 bits per heavy atom. The van der Waals surface area contributed by atoms with Crippen LogP contribution in [0.15, 0.2) is 30.3 Å². The van der Waals surface area contributed by atoms with Gasteiger partial charge in [0.05, 0.1) is 5.69 Å². The first-order chi connectivity index (χ1) is 9.74. The minimum absolute atomic E-state index is 0.245. The molecule has 0 amide bonds. The number of hydrogen-bond donors (Lipinski definition) is 2. The zero-order valence-electron chi connectivity index (χ0n) is 11.4. The van der Waals surface area contributed by atoms with Crippen LogP contribution in [0.5, 0.6) is 0 Å². The quantitative estimate of drug-likeness (QED) is 0.872. The van der Waals surface area contributed by atoms with E-state index in [2.05, 4.69) is 20.6 Å². The maximum atomic E-state index is 12.9. The number of halogens is 1. The summed E-state index contributed by atoms with van der Waals surface area (Å²) in [6.07, 6.45) is 2.39. The molecule has 0 saturated heterocycles. The van der Waals surface area contributed by atoms with E-state index in [4.69, 9.17) is 0 Å². The SMILES string of the molecule is CCNc1nc(Nc2ccc(F)cc2)cc(C2CC2)n1. The average Bonchev–Trinajstić information content (AvgIpc) is 3.26. The number of anilines is 3. The van der Waals surface area contributed by atoms with E-state index < -0.39 is 0 Å². The largest absolute Gasteiger partial charge is 0.354 e. The normalized spacial score (nSPS) is 14.1. The molecule has 4 nitrogen and oxygen atoms in total. The standard InChI is InChI=1S/C15H17FN4/c1-2-17-15-19-13(10-3-4-10)9-14(20-15)18-12-7-5-11(16)6-8-12/h5-10H,2-4H2,1H3,(H2,17,18,19,20). The summed E-state index contributed by atoms with van der Waals surface area (Å²) in [6, 6.07) is 8.22. The molecule has 1 aromatic carbocycles. The van der Waals surface area contributed by atoms with Gasteiger partial charge in [0.1, 0.15) is 11.6 Å². The van der Waals surface area contributed by atoms with Crippen LogP contribution in [-0.4, -0.2) is 16.5 Å². The minimum atomic E-state index is -0.245. The molecule has 1 heterocycles. The monoisotopic (exact) mass is 272 g/mol. The molecule has 0 atom stereocenters. The van der Waals surface area contributed by atoms with Crippen molar-refractivity contribution in [2.75, 3.05) is 17.2 Å². The fourth-order valence-electron chi connectivity index (χ4n) is 2.04. The Labute approximate surface area is 117 Å². The third-order valence-electron chi connectivity index (χ3n) is 3.19. The Morgan fingerprint density at radius 2 is 1.95 bits per heavy atom. The smallest absolute Gasteiger partial charge is 0.224 e. The molecule has 0 spiro atoms. The molecular formula is C15H17FN4. The molecule has 2 aromatic rings. The molecule has 1 aromatic heterocycles. The summed E-state index contributed by atoms with van der Waals surface area (Å²) in [7, 11) is 0. The van der Waals surface area contributed by atoms with Crippen molar-refractivity contribution in [3.8, 4) is 0 Å². The lowest BCUT2D eigenvalue weighted by Gasteiger charge is -2.10. The van der Waals surface area contributed by atoms with E-state index in [1.54, 1.807) is 12.1 Å². The van der Waals surface area contributed by atoms with Crippen molar-refractivity contribution in [3.05, 3.63) is 41.8 Å². The van der Waals surface area contributed by atoms with Gasteiger partial charge < -0.3 is 10.6 Å². The van der Waals surface area contributed by atoms with Crippen LogP contribution < -0.4 is 10.6 Å². The number of aromatic nitrogens is 2. The van der Waals surface area contributed by atoms with E-state index >= 15 is 0 Å². The van der Waals surface area contributed by atoms with Gasteiger partial charge in [0, 0.05) is 24.2 Å². The second kappa shape index (κ2) is 5.45. The van der Waals surface area contributed by atoms with Crippen LogP contribution in [0.3, 0.4) is 0 Å². The molecule has 0 aliphatic heterocycles. The molecule has 20 heavy (non-hydrogen) atoms.